The molecular weight excluding hydrogens is 164 g/mol. The van der Waals surface area contributed by atoms with Crippen LogP contribution in [-0.2, 0) is 4.79 Å². The van der Waals surface area contributed by atoms with Gasteiger partial charge in [-0.1, -0.05) is 18.6 Å². The summed E-state index contributed by atoms with van der Waals surface area (Å²) in [5.41, 5.74) is -0.706. The molecule has 2 nitrogen and oxygen atoms in total. The number of fused-ring (bicyclic) bond motifs is 1. The fourth-order valence-corrected chi connectivity index (χ4v) is 2.49. The Balaban J connectivity index is 2.25. The first-order valence-corrected chi connectivity index (χ1v) is 5.12. The van der Waals surface area contributed by atoms with Crippen molar-refractivity contribution < 1.29 is 9.90 Å². The van der Waals surface area contributed by atoms with Gasteiger partial charge in [0.15, 0.2) is 0 Å². The van der Waals surface area contributed by atoms with Crippen molar-refractivity contribution in [3.8, 4) is 0 Å². The van der Waals surface area contributed by atoms with Crippen LogP contribution in [0, 0.1) is 5.92 Å². The zero-order valence-electron chi connectivity index (χ0n) is 7.83. The van der Waals surface area contributed by atoms with Crippen LogP contribution in [-0.4, -0.2) is 16.5 Å². The highest BCUT2D eigenvalue weighted by molar-refractivity contribution is 5.82. The first kappa shape index (κ1) is 8.95. The fraction of sp³-hybridized carbons (Fsp3) is 0.727. The van der Waals surface area contributed by atoms with Crippen LogP contribution in [0.3, 0.4) is 0 Å². The van der Waals surface area contributed by atoms with Gasteiger partial charge in [-0.25, -0.2) is 0 Å². The molecule has 0 amide bonds. The van der Waals surface area contributed by atoms with Gasteiger partial charge in [-0.05, 0) is 25.7 Å². The van der Waals surface area contributed by atoms with Crippen molar-refractivity contribution in [2.75, 3.05) is 0 Å². The second-order valence-corrected chi connectivity index (χ2v) is 4.24. The molecule has 0 saturated heterocycles. The summed E-state index contributed by atoms with van der Waals surface area (Å²) >= 11 is 0. The lowest BCUT2D eigenvalue weighted by atomic mass is 9.75. The maximum atomic E-state index is 11.7. The molecule has 0 aromatic heterocycles. The molecule has 2 rings (SSSR count). The van der Waals surface area contributed by atoms with E-state index in [9.17, 15) is 9.90 Å². The number of hydrogen-bond donors (Lipinski definition) is 1. The summed E-state index contributed by atoms with van der Waals surface area (Å²) in [6.07, 6.45) is 8.87. The van der Waals surface area contributed by atoms with Gasteiger partial charge in [-0.3, -0.25) is 4.79 Å². The molecule has 1 fully saturated rings. The maximum Gasteiger partial charge on any atom is 0.139 e. The van der Waals surface area contributed by atoms with Crippen molar-refractivity contribution >= 4 is 5.78 Å². The topological polar surface area (TPSA) is 37.3 Å². The minimum Gasteiger partial charge on any atom is -0.389 e. The molecule has 2 aliphatic rings. The number of carbonyl (C=O) groups excluding carboxylic acids is 1. The van der Waals surface area contributed by atoms with E-state index >= 15 is 0 Å². The SMILES string of the molecule is O=C1CCCC[C@]2(O)CC=CCC12. The van der Waals surface area contributed by atoms with Crippen LogP contribution in [0.15, 0.2) is 12.2 Å². The lowest BCUT2D eigenvalue weighted by Gasteiger charge is -2.35. The predicted molar refractivity (Wildman–Crippen MR) is 50.3 cm³/mol. The smallest absolute Gasteiger partial charge is 0.139 e. The molecule has 2 atom stereocenters. The summed E-state index contributed by atoms with van der Waals surface area (Å²) in [6, 6.07) is 0. The number of aliphatic hydroxyl groups is 1. The van der Waals surface area contributed by atoms with Crippen LogP contribution in [0.25, 0.3) is 0 Å². The first-order chi connectivity index (χ1) is 6.22. The van der Waals surface area contributed by atoms with Crippen LogP contribution in [0.4, 0.5) is 0 Å². The highest BCUT2D eigenvalue weighted by atomic mass is 16.3. The van der Waals surface area contributed by atoms with Crippen LogP contribution in [0.5, 0.6) is 0 Å². The summed E-state index contributed by atoms with van der Waals surface area (Å²) in [6.45, 7) is 0. The Kier molecular flexibility index (Phi) is 2.24. The number of rotatable bonds is 0. The van der Waals surface area contributed by atoms with Gasteiger partial charge in [-0.2, -0.15) is 0 Å². The first-order valence-electron chi connectivity index (χ1n) is 5.12. The highest BCUT2D eigenvalue weighted by Gasteiger charge is 2.41. The van der Waals surface area contributed by atoms with Gasteiger partial charge in [-0.15, -0.1) is 0 Å². The summed E-state index contributed by atoms with van der Waals surface area (Å²) < 4.78 is 0. The van der Waals surface area contributed by atoms with Gasteiger partial charge >= 0.3 is 0 Å². The summed E-state index contributed by atoms with van der Waals surface area (Å²) in [5, 5.41) is 10.3. The number of Topliss-reactive ketones (excluding diaryl/α,β-unsaturated/α-hetero) is 1. The molecule has 2 heteroatoms. The van der Waals surface area contributed by atoms with Crippen LogP contribution in [0.2, 0.25) is 0 Å². The average molecular weight is 180 g/mol. The Morgan fingerprint density at radius 1 is 1.38 bits per heavy atom. The Morgan fingerprint density at radius 3 is 3.08 bits per heavy atom. The van der Waals surface area contributed by atoms with Crippen molar-refractivity contribution in [1.29, 1.82) is 0 Å². The molecule has 0 aliphatic heterocycles. The monoisotopic (exact) mass is 180 g/mol. The van der Waals surface area contributed by atoms with E-state index in [-0.39, 0.29) is 11.7 Å². The van der Waals surface area contributed by atoms with Gasteiger partial charge in [0.25, 0.3) is 0 Å². The molecule has 0 aromatic carbocycles. The lowest BCUT2D eigenvalue weighted by Crippen LogP contribution is -2.42. The third kappa shape index (κ3) is 1.55. The van der Waals surface area contributed by atoms with E-state index in [0.717, 1.165) is 25.7 Å². The Hall–Kier alpha value is -0.630. The standard InChI is InChI=1S/C11H16O2/c12-10-6-2-4-8-11(13)7-3-1-5-9(10)11/h1,3,9,13H,2,4-8H2/t9?,11-/m1/s1. The van der Waals surface area contributed by atoms with E-state index in [2.05, 4.69) is 0 Å². The third-order valence-electron chi connectivity index (χ3n) is 3.33. The van der Waals surface area contributed by atoms with Crippen molar-refractivity contribution in [3.05, 3.63) is 12.2 Å². The molecule has 1 unspecified atom stereocenters. The van der Waals surface area contributed by atoms with Gasteiger partial charge in [0.2, 0.25) is 0 Å². The summed E-state index contributed by atoms with van der Waals surface area (Å²) in [7, 11) is 0. The zero-order chi connectivity index (χ0) is 9.31. The number of ketones is 1. The van der Waals surface area contributed by atoms with E-state index in [1.54, 1.807) is 0 Å². The summed E-state index contributed by atoms with van der Waals surface area (Å²) in [4.78, 5) is 11.7. The van der Waals surface area contributed by atoms with Gasteiger partial charge in [0, 0.05) is 6.42 Å². The van der Waals surface area contributed by atoms with E-state index < -0.39 is 5.60 Å². The van der Waals surface area contributed by atoms with E-state index in [0.29, 0.717) is 12.8 Å². The minimum absolute atomic E-state index is 0.111. The Labute approximate surface area is 78.6 Å². The van der Waals surface area contributed by atoms with Crippen molar-refractivity contribution in [1.82, 2.24) is 0 Å². The van der Waals surface area contributed by atoms with Crippen LogP contribution >= 0.6 is 0 Å². The van der Waals surface area contributed by atoms with Crippen LogP contribution in [0.1, 0.15) is 38.5 Å². The molecule has 1 N–H and O–H groups in total. The van der Waals surface area contributed by atoms with E-state index in [4.69, 9.17) is 0 Å². The van der Waals surface area contributed by atoms with E-state index in [1.807, 2.05) is 12.2 Å². The zero-order valence-corrected chi connectivity index (χ0v) is 7.83. The number of allylic oxidation sites excluding steroid dienone is 1. The molecule has 13 heavy (non-hydrogen) atoms. The van der Waals surface area contributed by atoms with Gasteiger partial charge in [0.1, 0.15) is 5.78 Å². The molecule has 72 valence electrons. The molecule has 0 heterocycles. The van der Waals surface area contributed by atoms with E-state index in [1.165, 1.54) is 0 Å². The molecular formula is C11H16O2. The van der Waals surface area contributed by atoms with Gasteiger partial charge in [0.05, 0.1) is 11.5 Å². The van der Waals surface area contributed by atoms with Crippen molar-refractivity contribution in [2.24, 2.45) is 5.92 Å². The molecule has 2 aliphatic carbocycles. The molecule has 0 aromatic rings. The normalized spacial score (nSPS) is 39.8. The molecule has 0 radical (unpaired) electrons. The maximum absolute atomic E-state index is 11.7. The minimum atomic E-state index is -0.706. The van der Waals surface area contributed by atoms with Crippen molar-refractivity contribution in [2.45, 2.75) is 44.1 Å². The molecule has 1 saturated carbocycles. The third-order valence-corrected chi connectivity index (χ3v) is 3.33. The predicted octanol–water partition coefficient (Wildman–Crippen LogP) is 1.83. The molecule has 0 bridgehead atoms. The largest absolute Gasteiger partial charge is 0.389 e. The average Bonchev–Trinajstić information content (AvgIpc) is 2.26. The van der Waals surface area contributed by atoms with Crippen LogP contribution < -0.4 is 0 Å². The number of hydrogen-bond acceptors (Lipinski definition) is 2. The molecule has 0 spiro atoms. The number of carbonyl (C=O) groups is 1. The Morgan fingerprint density at radius 2 is 2.23 bits per heavy atom. The quantitative estimate of drug-likeness (QED) is 0.577. The lowest BCUT2D eigenvalue weighted by molar-refractivity contribution is -0.131. The highest BCUT2D eigenvalue weighted by Crippen LogP contribution is 2.38. The summed E-state index contributed by atoms with van der Waals surface area (Å²) in [5.74, 6) is 0.157. The second kappa shape index (κ2) is 3.26. The fourth-order valence-electron chi connectivity index (χ4n) is 2.49. The van der Waals surface area contributed by atoms with Gasteiger partial charge < -0.3 is 5.11 Å². The van der Waals surface area contributed by atoms with Crippen molar-refractivity contribution in [3.63, 3.8) is 0 Å². The Bertz CT molecular complexity index is 244. The second-order valence-electron chi connectivity index (χ2n) is 4.24.